The van der Waals surface area contributed by atoms with Crippen LogP contribution in [0.4, 0.5) is 0 Å². The molecule has 2 heterocycles. The Morgan fingerprint density at radius 1 is 1.41 bits per heavy atom. The molecule has 0 spiro atoms. The van der Waals surface area contributed by atoms with Gasteiger partial charge in [-0.15, -0.1) is 0 Å². The van der Waals surface area contributed by atoms with E-state index in [4.69, 9.17) is 4.74 Å². The van der Waals surface area contributed by atoms with Gasteiger partial charge in [0, 0.05) is 50.8 Å². The van der Waals surface area contributed by atoms with Gasteiger partial charge >= 0.3 is 0 Å². The van der Waals surface area contributed by atoms with Crippen molar-refractivity contribution in [1.29, 1.82) is 0 Å². The molecule has 5 nitrogen and oxygen atoms in total. The Bertz CT molecular complexity index is 679. The summed E-state index contributed by atoms with van der Waals surface area (Å²) >= 11 is 0. The second-order valence-electron chi connectivity index (χ2n) is 6.35. The van der Waals surface area contributed by atoms with Crippen LogP contribution in [0.25, 0.3) is 10.9 Å². The molecule has 0 unspecified atom stereocenters. The summed E-state index contributed by atoms with van der Waals surface area (Å²) in [7, 11) is 3.55. The van der Waals surface area contributed by atoms with E-state index in [1.54, 1.807) is 19.0 Å². The summed E-state index contributed by atoms with van der Waals surface area (Å²) in [4.78, 5) is 19.5. The van der Waals surface area contributed by atoms with E-state index in [2.05, 4.69) is 34.1 Å². The Balaban J connectivity index is 1.78. The largest absolute Gasteiger partial charge is 0.363 e. The van der Waals surface area contributed by atoms with Gasteiger partial charge in [0.05, 0.1) is 6.61 Å². The summed E-state index contributed by atoms with van der Waals surface area (Å²) < 4.78 is 5.79. The first-order valence-electron chi connectivity index (χ1n) is 7.63. The number of nitrogens with one attached hydrogen (secondary N) is 1. The summed E-state index contributed by atoms with van der Waals surface area (Å²) in [5.41, 5.74) is 1.67. The van der Waals surface area contributed by atoms with Crippen molar-refractivity contribution < 1.29 is 9.53 Å². The molecule has 0 aliphatic carbocycles. The van der Waals surface area contributed by atoms with Gasteiger partial charge in [0.1, 0.15) is 0 Å². The monoisotopic (exact) mass is 301 g/mol. The number of amides is 1. The van der Waals surface area contributed by atoms with Crippen LogP contribution in [-0.2, 0) is 16.1 Å². The highest BCUT2D eigenvalue weighted by atomic mass is 16.5. The fourth-order valence-electron chi connectivity index (χ4n) is 3.22. The normalized spacial score (nSPS) is 22.9. The molecule has 1 fully saturated rings. The van der Waals surface area contributed by atoms with Gasteiger partial charge in [0.15, 0.2) is 5.60 Å². The standard InChI is InChI=1S/C17H23N3O2/c1-17(16(21)19(2)3)12-20(9-10-22-17)11-13-5-4-6-15-14(13)7-8-18-15/h4-8,18H,9-12H2,1-3H3/t17-/m1/s1. The zero-order valence-electron chi connectivity index (χ0n) is 13.4. The predicted octanol–water partition coefficient (Wildman–Crippen LogP) is 1.85. The third kappa shape index (κ3) is 2.74. The van der Waals surface area contributed by atoms with E-state index in [1.807, 2.05) is 13.1 Å². The van der Waals surface area contributed by atoms with Gasteiger partial charge in [-0.2, -0.15) is 0 Å². The van der Waals surface area contributed by atoms with Crippen LogP contribution in [-0.4, -0.2) is 60.1 Å². The molecular formula is C17H23N3O2. The van der Waals surface area contributed by atoms with Gasteiger partial charge in [0.25, 0.3) is 5.91 Å². The van der Waals surface area contributed by atoms with Gasteiger partial charge in [-0.05, 0) is 24.6 Å². The molecule has 1 aliphatic heterocycles. The van der Waals surface area contributed by atoms with Crippen LogP contribution in [0.5, 0.6) is 0 Å². The molecule has 3 rings (SSSR count). The zero-order chi connectivity index (χ0) is 15.7. The van der Waals surface area contributed by atoms with Crippen molar-refractivity contribution in [2.24, 2.45) is 0 Å². The maximum Gasteiger partial charge on any atom is 0.255 e. The Hall–Kier alpha value is -1.85. The molecule has 118 valence electrons. The number of aromatic nitrogens is 1. The van der Waals surface area contributed by atoms with E-state index in [1.165, 1.54) is 10.9 Å². The van der Waals surface area contributed by atoms with Crippen LogP contribution in [0, 0.1) is 0 Å². The predicted molar refractivity (Wildman–Crippen MR) is 86.6 cm³/mol. The molecule has 2 aromatic rings. The lowest BCUT2D eigenvalue weighted by Crippen LogP contribution is -2.57. The van der Waals surface area contributed by atoms with Crippen LogP contribution < -0.4 is 0 Å². The van der Waals surface area contributed by atoms with Crippen molar-refractivity contribution in [1.82, 2.24) is 14.8 Å². The number of likely N-dealkylation sites (N-methyl/N-ethyl adjacent to an activating group) is 1. The summed E-state index contributed by atoms with van der Waals surface area (Å²) in [6.07, 6.45) is 1.97. The van der Waals surface area contributed by atoms with Crippen molar-refractivity contribution >= 4 is 16.8 Å². The fraction of sp³-hybridized carbons (Fsp3) is 0.471. The topological polar surface area (TPSA) is 48.6 Å². The third-order valence-electron chi connectivity index (χ3n) is 4.29. The maximum atomic E-state index is 12.4. The summed E-state index contributed by atoms with van der Waals surface area (Å²) in [5.74, 6) is 0.0250. The Morgan fingerprint density at radius 2 is 2.23 bits per heavy atom. The minimum atomic E-state index is -0.756. The first kappa shape index (κ1) is 15.1. The molecule has 1 N–H and O–H groups in total. The summed E-state index contributed by atoms with van der Waals surface area (Å²) in [6, 6.07) is 8.41. The maximum absolute atomic E-state index is 12.4. The quantitative estimate of drug-likeness (QED) is 0.941. The second kappa shape index (κ2) is 5.74. The molecule has 1 atom stereocenters. The van der Waals surface area contributed by atoms with Crippen LogP contribution in [0.1, 0.15) is 12.5 Å². The summed E-state index contributed by atoms with van der Waals surface area (Å²) in [5, 5.41) is 1.25. The fourth-order valence-corrected chi connectivity index (χ4v) is 3.22. The van der Waals surface area contributed by atoms with Crippen LogP contribution in [0.2, 0.25) is 0 Å². The van der Waals surface area contributed by atoms with Gasteiger partial charge in [-0.1, -0.05) is 12.1 Å². The van der Waals surface area contributed by atoms with E-state index in [0.29, 0.717) is 13.2 Å². The van der Waals surface area contributed by atoms with E-state index < -0.39 is 5.60 Å². The number of hydrogen-bond donors (Lipinski definition) is 1. The second-order valence-corrected chi connectivity index (χ2v) is 6.35. The van der Waals surface area contributed by atoms with Gasteiger partial charge in [-0.3, -0.25) is 9.69 Å². The SMILES string of the molecule is CN(C)C(=O)[C@@]1(C)CN(Cc2cccc3[nH]ccc23)CCO1. The number of fused-ring (bicyclic) bond motifs is 1. The van der Waals surface area contributed by atoms with E-state index >= 15 is 0 Å². The van der Waals surface area contributed by atoms with E-state index in [0.717, 1.165) is 18.6 Å². The molecule has 1 aromatic heterocycles. The number of H-pyrrole nitrogens is 1. The average molecular weight is 301 g/mol. The first-order valence-corrected chi connectivity index (χ1v) is 7.63. The summed E-state index contributed by atoms with van der Waals surface area (Å²) in [6.45, 7) is 4.76. The van der Waals surface area contributed by atoms with Crippen LogP contribution in [0.3, 0.4) is 0 Å². The minimum absolute atomic E-state index is 0.0250. The lowest BCUT2D eigenvalue weighted by Gasteiger charge is -2.40. The number of nitrogens with zero attached hydrogens (tertiary/aromatic N) is 2. The molecule has 0 bridgehead atoms. The third-order valence-corrected chi connectivity index (χ3v) is 4.29. The van der Waals surface area contributed by atoms with Crippen LogP contribution in [0.15, 0.2) is 30.5 Å². The molecule has 1 saturated heterocycles. The number of aromatic amines is 1. The number of ether oxygens (including phenoxy) is 1. The lowest BCUT2D eigenvalue weighted by molar-refractivity contribution is -0.165. The van der Waals surface area contributed by atoms with Crippen molar-refractivity contribution in [2.45, 2.75) is 19.1 Å². The van der Waals surface area contributed by atoms with Crippen molar-refractivity contribution in [3.8, 4) is 0 Å². The number of rotatable bonds is 3. The average Bonchev–Trinajstić information content (AvgIpc) is 2.96. The van der Waals surface area contributed by atoms with E-state index in [-0.39, 0.29) is 5.91 Å². The van der Waals surface area contributed by atoms with Crippen molar-refractivity contribution in [3.63, 3.8) is 0 Å². The highest BCUT2D eigenvalue weighted by molar-refractivity contribution is 5.85. The number of morpholine rings is 1. The Kier molecular flexibility index (Phi) is 3.93. The van der Waals surface area contributed by atoms with Gasteiger partial charge in [-0.25, -0.2) is 0 Å². The molecule has 1 aliphatic rings. The molecule has 0 saturated carbocycles. The lowest BCUT2D eigenvalue weighted by atomic mass is 10.0. The molecule has 1 aromatic carbocycles. The molecular weight excluding hydrogens is 278 g/mol. The Labute approximate surface area is 130 Å². The minimum Gasteiger partial charge on any atom is -0.363 e. The van der Waals surface area contributed by atoms with E-state index in [9.17, 15) is 4.79 Å². The molecule has 22 heavy (non-hydrogen) atoms. The first-order chi connectivity index (χ1) is 10.5. The van der Waals surface area contributed by atoms with Crippen LogP contribution >= 0.6 is 0 Å². The number of carbonyl (C=O) groups excluding carboxylic acids is 1. The molecule has 5 heteroatoms. The van der Waals surface area contributed by atoms with Gasteiger partial charge in [0.2, 0.25) is 0 Å². The zero-order valence-corrected chi connectivity index (χ0v) is 13.4. The number of benzene rings is 1. The molecule has 0 radical (unpaired) electrons. The van der Waals surface area contributed by atoms with Gasteiger partial charge < -0.3 is 14.6 Å². The highest BCUT2D eigenvalue weighted by Crippen LogP contribution is 2.24. The highest BCUT2D eigenvalue weighted by Gasteiger charge is 2.40. The Morgan fingerprint density at radius 3 is 3.00 bits per heavy atom. The number of hydrogen-bond acceptors (Lipinski definition) is 3. The smallest absolute Gasteiger partial charge is 0.255 e. The molecule has 1 amide bonds. The number of carbonyl (C=O) groups is 1. The van der Waals surface area contributed by atoms with Crippen molar-refractivity contribution in [3.05, 3.63) is 36.0 Å². The van der Waals surface area contributed by atoms with Crippen molar-refractivity contribution in [2.75, 3.05) is 33.8 Å².